The van der Waals surface area contributed by atoms with Crippen LogP contribution in [0.3, 0.4) is 0 Å². The maximum atomic E-state index is 9.12. The van der Waals surface area contributed by atoms with E-state index in [1.807, 2.05) is 0 Å². The Bertz CT molecular complexity index is 233. The third-order valence-electron chi connectivity index (χ3n) is 0.985. The predicted octanol–water partition coefficient (Wildman–Crippen LogP) is 0.161. The molecule has 4 N–H and O–H groups in total. The molecule has 1 rings (SSSR count). The molecule has 0 amide bonds. The van der Waals surface area contributed by atoms with Crippen LogP contribution < -0.4 is 0 Å². The minimum atomic E-state index is -1.19. The Hall–Kier alpha value is -1.75. The summed E-state index contributed by atoms with van der Waals surface area (Å²) in [7, 11) is 0. The average molecular weight is 186 g/mol. The normalized spacial score (nSPS) is 8.38. The van der Waals surface area contributed by atoms with Crippen LogP contribution in [0, 0.1) is 0 Å². The Balaban J connectivity index is 0.000000252. The highest BCUT2D eigenvalue weighted by atomic mass is 16.4. The highest BCUT2D eigenvalue weighted by Crippen LogP contribution is 2.13. The van der Waals surface area contributed by atoms with Crippen molar-refractivity contribution < 1.29 is 25.2 Å². The predicted molar refractivity (Wildman–Crippen MR) is 44.5 cm³/mol. The van der Waals surface area contributed by atoms with Gasteiger partial charge in [0.05, 0.1) is 0 Å². The molecular formula is C8H10O5. The van der Waals surface area contributed by atoms with Gasteiger partial charge in [-0.2, -0.15) is 0 Å². The van der Waals surface area contributed by atoms with E-state index in [2.05, 4.69) is 0 Å². The summed E-state index contributed by atoms with van der Waals surface area (Å²) < 4.78 is 0. The van der Waals surface area contributed by atoms with E-state index in [0.29, 0.717) is 0 Å². The maximum Gasteiger partial charge on any atom is 0.329 e. The lowest BCUT2D eigenvalue weighted by Crippen LogP contribution is -1.98. The molecule has 0 fully saturated rings. The zero-order valence-corrected chi connectivity index (χ0v) is 6.71. The van der Waals surface area contributed by atoms with Crippen LogP contribution in [0.1, 0.15) is 0 Å². The number of phenolic OH excluding ortho intramolecular Hbond substituents is 2. The van der Waals surface area contributed by atoms with E-state index in [4.69, 9.17) is 25.2 Å². The molecule has 0 atom stereocenters. The van der Waals surface area contributed by atoms with Gasteiger partial charge in [0.2, 0.25) is 0 Å². The van der Waals surface area contributed by atoms with Crippen LogP contribution in [0.4, 0.5) is 0 Å². The van der Waals surface area contributed by atoms with Crippen LogP contribution in [0.5, 0.6) is 11.5 Å². The molecule has 0 bridgehead atoms. The number of carboxylic acids is 1. The van der Waals surface area contributed by atoms with Crippen LogP contribution in [-0.4, -0.2) is 33.0 Å². The Labute approximate surface area is 74.5 Å². The van der Waals surface area contributed by atoms with E-state index in [1.165, 1.54) is 24.3 Å². The zero-order chi connectivity index (χ0) is 10.3. The molecule has 0 heterocycles. The lowest BCUT2D eigenvalue weighted by Gasteiger charge is -1.88. The van der Waals surface area contributed by atoms with Gasteiger partial charge in [0.1, 0.15) is 18.1 Å². The standard InChI is InChI=1S/C6H6O2.C2H4O3/c7-5-1-2-6(8)4-3-5;3-1-2(4)5/h1-4,7-8H;3H,1H2,(H,4,5). The molecule has 0 aliphatic heterocycles. The SMILES string of the molecule is O=C(O)CO.Oc1ccc(O)cc1. The molecule has 5 nitrogen and oxygen atoms in total. The number of phenols is 2. The quantitative estimate of drug-likeness (QED) is 0.468. The van der Waals surface area contributed by atoms with Crippen LogP contribution in [0.2, 0.25) is 0 Å². The van der Waals surface area contributed by atoms with E-state index in [1.54, 1.807) is 0 Å². The van der Waals surface area contributed by atoms with Gasteiger partial charge in [-0.3, -0.25) is 0 Å². The summed E-state index contributed by atoms with van der Waals surface area (Å²) in [6.07, 6.45) is 0. The van der Waals surface area contributed by atoms with Crippen molar-refractivity contribution in [3.63, 3.8) is 0 Å². The van der Waals surface area contributed by atoms with E-state index in [0.717, 1.165) is 0 Å². The monoisotopic (exact) mass is 186 g/mol. The molecule has 0 aromatic heterocycles. The van der Waals surface area contributed by atoms with Crippen molar-refractivity contribution in [1.29, 1.82) is 0 Å². The Morgan fingerprint density at radius 1 is 1.08 bits per heavy atom. The fourth-order valence-electron chi connectivity index (χ4n) is 0.453. The summed E-state index contributed by atoms with van der Waals surface area (Å²) in [5.74, 6) is -0.851. The van der Waals surface area contributed by atoms with Gasteiger partial charge >= 0.3 is 5.97 Å². The smallest absolute Gasteiger partial charge is 0.329 e. The molecule has 72 valence electrons. The molecule has 1 aromatic rings. The Kier molecular flexibility index (Phi) is 5.06. The van der Waals surface area contributed by atoms with Gasteiger partial charge in [-0.25, -0.2) is 4.79 Å². The van der Waals surface area contributed by atoms with Crippen LogP contribution in [-0.2, 0) is 4.79 Å². The molecule has 0 radical (unpaired) electrons. The average Bonchev–Trinajstić information content (AvgIpc) is 2.11. The Morgan fingerprint density at radius 2 is 1.31 bits per heavy atom. The molecule has 5 heteroatoms. The summed E-state index contributed by atoms with van der Waals surface area (Å²) in [5, 5.41) is 32.3. The van der Waals surface area contributed by atoms with Crippen LogP contribution >= 0.6 is 0 Å². The van der Waals surface area contributed by atoms with Crippen molar-refractivity contribution in [2.75, 3.05) is 6.61 Å². The van der Waals surface area contributed by atoms with Gasteiger partial charge in [-0.15, -0.1) is 0 Å². The van der Waals surface area contributed by atoms with Gasteiger partial charge in [0, 0.05) is 0 Å². The molecule has 0 unspecified atom stereocenters. The molecule has 0 aliphatic carbocycles. The topological polar surface area (TPSA) is 98.0 Å². The third kappa shape index (κ3) is 6.64. The van der Waals surface area contributed by atoms with Gasteiger partial charge in [0.25, 0.3) is 0 Å². The van der Waals surface area contributed by atoms with Crippen molar-refractivity contribution >= 4 is 5.97 Å². The number of rotatable bonds is 1. The highest BCUT2D eigenvalue weighted by molar-refractivity contribution is 5.67. The fourth-order valence-corrected chi connectivity index (χ4v) is 0.453. The molecule has 0 saturated carbocycles. The number of aliphatic carboxylic acids is 1. The number of aliphatic hydroxyl groups excluding tert-OH is 1. The summed E-state index contributed by atoms with van der Waals surface area (Å²) >= 11 is 0. The second kappa shape index (κ2) is 5.84. The first-order valence-corrected chi connectivity index (χ1v) is 3.37. The first-order chi connectivity index (χ1) is 6.06. The number of carbonyl (C=O) groups is 1. The summed E-state index contributed by atoms with van der Waals surface area (Å²) in [6, 6.07) is 5.70. The largest absolute Gasteiger partial charge is 0.508 e. The van der Waals surface area contributed by atoms with Crippen LogP contribution in [0.15, 0.2) is 24.3 Å². The second-order valence-corrected chi connectivity index (χ2v) is 2.07. The number of hydrogen-bond donors (Lipinski definition) is 4. The fraction of sp³-hybridized carbons (Fsp3) is 0.125. The summed E-state index contributed by atoms with van der Waals surface area (Å²) in [6.45, 7) is -0.778. The molecule has 1 aromatic carbocycles. The zero-order valence-electron chi connectivity index (χ0n) is 6.71. The molecule has 13 heavy (non-hydrogen) atoms. The lowest BCUT2D eigenvalue weighted by atomic mass is 10.3. The minimum absolute atomic E-state index is 0.169. The number of carboxylic acid groups (broad SMARTS) is 1. The van der Waals surface area contributed by atoms with Gasteiger partial charge in [-0.05, 0) is 24.3 Å². The van der Waals surface area contributed by atoms with Crippen molar-refractivity contribution in [2.45, 2.75) is 0 Å². The number of aromatic hydroxyl groups is 2. The minimum Gasteiger partial charge on any atom is -0.508 e. The van der Waals surface area contributed by atoms with Crippen molar-refractivity contribution in [1.82, 2.24) is 0 Å². The van der Waals surface area contributed by atoms with Crippen molar-refractivity contribution in [2.24, 2.45) is 0 Å². The summed E-state index contributed by atoms with van der Waals surface area (Å²) in [5.41, 5.74) is 0. The van der Waals surface area contributed by atoms with Gasteiger partial charge in [-0.1, -0.05) is 0 Å². The van der Waals surface area contributed by atoms with Gasteiger partial charge in [0.15, 0.2) is 0 Å². The molecule has 0 spiro atoms. The van der Waals surface area contributed by atoms with E-state index >= 15 is 0 Å². The molecule has 0 saturated heterocycles. The molecular weight excluding hydrogens is 176 g/mol. The van der Waals surface area contributed by atoms with Crippen molar-refractivity contribution in [3.05, 3.63) is 24.3 Å². The van der Waals surface area contributed by atoms with E-state index < -0.39 is 12.6 Å². The van der Waals surface area contributed by atoms with E-state index in [9.17, 15) is 0 Å². The van der Waals surface area contributed by atoms with Crippen molar-refractivity contribution in [3.8, 4) is 11.5 Å². The first-order valence-electron chi connectivity index (χ1n) is 3.37. The maximum absolute atomic E-state index is 9.12. The van der Waals surface area contributed by atoms with Gasteiger partial charge < -0.3 is 20.4 Å². The second-order valence-electron chi connectivity index (χ2n) is 2.07. The highest BCUT2D eigenvalue weighted by Gasteiger charge is 1.84. The number of benzene rings is 1. The van der Waals surface area contributed by atoms with Crippen LogP contribution in [0.25, 0.3) is 0 Å². The third-order valence-corrected chi connectivity index (χ3v) is 0.985. The number of aliphatic hydroxyl groups is 1. The molecule has 0 aliphatic rings. The Morgan fingerprint density at radius 3 is 1.46 bits per heavy atom. The number of hydrogen-bond acceptors (Lipinski definition) is 4. The summed E-state index contributed by atoms with van der Waals surface area (Å²) in [4.78, 5) is 9.12. The first kappa shape index (κ1) is 11.2. The lowest BCUT2D eigenvalue weighted by molar-refractivity contribution is -0.140. The van der Waals surface area contributed by atoms with E-state index in [-0.39, 0.29) is 11.5 Å².